The third-order valence-corrected chi connectivity index (χ3v) is 3.64. The summed E-state index contributed by atoms with van der Waals surface area (Å²) in [6.07, 6.45) is 0.335. The minimum Gasteiger partial charge on any atom is -0.342 e. The number of hydrogen-bond acceptors (Lipinski definition) is 2. The lowest BCUT2D eigenvalue weighted by atomic mass is 9.98. The van der Waals surface area contributed by atoms with Gasteiger partial charge in [0.05, 0.1) is 0 Å². The highest BCUT2D eigenvalue weighted by Gasteiger charge is 2.37. The van der Waals surface area contributed by atoms with Gasteiger partial charge in [-0.3, -0.25) is 9.59 Å². The number of hydrogen-bond donors (Lipinski definition) is 1. The standard InChI is InChI=1S/C16H22N2O2/c1-11(2)12-7-5-6-8-13(12)18-10-9-14(19)17-16(3,4)15(18)20/h5-8,11H,9-10H2,1-4H3,(H,17,19). The molecule has 1 heterocycles. The van der Waals surface area contributed by atoms with E-state index >= 15 is 0 Å². The number of carbonyl (C=O) groups excluding carboxylic acids is 2. The fourth-order valence-corrected chi connectivity index (χ4v) is 2.57. The molecule has 4 nitrogen and oxygen atoms in total. The summed E-state index contributed by atoms with van der Waals surface area (Å²) >= 11 is 0. The van der Waals surface area contributed by atoms with E-state index in [1.165, 1.54) is 0 Å². The van der Waals surface area contributed by atoms with Crippen LogP contribution in [0.2, 0.25) is 0 Å². The molecule has 108 valence electrons. The summed E-state index contributed by atoms with van der Waals surface area (Å²) in [5, 5.41) is 2.79. The van der Waals surface area contributed by atoms with Crippen LogP contribution in [0, 0.1) is 0 Å². The molecule has 1 fully saturated rings. The monoisotopic (exact) mass is 274 g/mol. The van der Waals surface area contributed by atoms with Crippen LogP contribution >= 0.6 is 0 Å². The van der Waals surface area contributed by atoms with E-state index < -0.39 is 5.54 Å². The first-order chi connectivity index (χ1) is 9.33. The van der Waals surface area contributed by atoms with Crippen LogP contribution in [-0.4, -0.2) is 23.9 Å². The molecule has 0 bridgehead atoms. The minimum atomic E-state index is -0.863. The number of anilines is 1. The maximum Gasteiger partial charge on any atom is 0.252 e. The second-order valence-corrected chi connectivity index (χ2v) is 6.09. The highest BCUT2D eigenvalue weighted by atomic mass is 16.2. The van der Waals surface area contributed by atoms with Gasteiger partial charge in [-0.1, -0.05) is 32.0 Å². The first kappa shape index (κ1) is 14.6. The summed E-state index contributed by atoms with van der Waals surface area (Å²) in [6.45, 7) is 8.15. The van der Waals surface area contributed by atoms with Gasteiger partial charge in [-0.05, 0) is 31.4 Å². The summed E-state index contributed by atoms with van der Waals surface area (Å²) < 4.78 is 0. The predicted octanol–water partition coefficient (Wildman–Crippen LogP) is 2.44. The molecule has 2 rings (SSSR count). The Morgan fingerprint density at radius 2 is 1.85 bits per heavy atom. The van der Waals surface area contributed by atoms with Gasteiger partial charge in [-0.2, -0.15) is 0 Å². The second-order valence-electron chi connectivity index (χ2n) is 6.09. The highest BCUT2D eigenvalue weighted by molar-refractivity contribution is 6.04. The Bertz CT molecular complexity index is 535. The Balaban J connectivity index is 2.46. The zero-order chi connectivity index (χ0) is 14.9. The van der Waals surface area contributed by atoms with Crippen molar-refractivity contribution in [3.8, 4) is 0 Å². The van der Waals surface area contributed by atoms with Crippen molar-refractivity contribution in [1.82, 2.24) is 5.32 Å². The van der Waals surface area contributed by atoms with Crippen molar-refractivity contribution in [2.24, 2.45) is 0 Å². The average Bonchev–Trinajstić information content (AvgIpc) is 2.47. The summed E-state index contributed by atoms with van der Waals surface area (Å²) in [4.78, 5) is 26.2. The molecule has 2 amide bonds. The molecule has 4 heteroatoms. The predicted molar refractivity (Wildman–Crippen MR) is 79.7 cm³/mol. The summed E-state index contributed by atoms with van der Waals surface area (Å²) in [6, 6.07) is 7.91. The van der Waals surface area contributed by atoms with Crippen LogP contribution in [0.15, 0.2) is 24.3 Å². The summed E-state index contributed by atoms with van der Waals surface area (Å²) in [5.74, 6) is 0.193. The number of carbonyl (C=O) groups is 2. The van der Waals surface area contributed by atoms with Crippen molar-refractivity contribution >= 4 is 17.5 Å². The molecular weight excluding hydrogens is 252 g/mol. The van der Waals surface area contributed by atoms with E-state index in [1.54, 1.807) is 18.7 Å². The molecule has 0 saturated carbocycles. The van der Waals surface area contributed by atoms with Crippen LogP contribution in [0.25, 0.3) is 0 Å². The number of nitrogens with zero attached hydrogens (tertiary/aromatic N) is 1. The summed E-state index contributed by atoms with van der Waals surface area (Å²) in [5.41, 5.74) is 1.18. The van der Waals surface area contributed by atoms with Crippen LogP contribution in [0.5, 0.6) is 0 Å². The lowest BCUT2D eigenvalue weighted by Crippen LogP contribution is -2.53. The first-order valence-electron chi connectivity index (χ1n) is 7.05. The third kappa shape index (κ3) is 2.69. The van der Waals surface area contributed by atoms with Crippen LogP contribution < -0.4 is 10.2 Å². The SMILES string of the molecule is CC(C)c1ccccc1N1CCC(=O)NC(C)(C)C1=O. The molecule has 20 heavy (non-hydrogen) atoms. The lowest BCUT2D eigenvalue weighted by Gasteiger charge is -2.30. The van der Waals surface area contributed by atoms with Gasteiger partial charge in [0.15, 0.2) is 0 Å². The Kier molecular flexibility index (Phi) is 3.84. The van der Waals surface area contributed by atoms with Gasteiger partial charge in [-0.25, -0.2) is 0 Å². The van der Waals surface area contributed by atoms with E-state index in [2.05, 4.69) is 19.2 Å². The molecule has 0 atom stereocenters. The van der Waals surface area contributed by atoms with Gasteiger partial charge < -0.3 is 10.2 Å². The van der Waals surface area contributed by atoms with E-state index in [0.29, 0.717) is 18.9 Å². The second kappa shape index (κ2) is 5.27. The summed E-state index contributed by atoms with van der Waals surface area (Å²) in [7, 11) is 0. The molecule has 1 saturated heterocycles. The molecule has 0 aliphatic carbocycles. The molecule has 1 aromatic carbocycles. The Labute approximate surface area is 120 Å². The van der Waals surface area contributed by atoms with Gasteiger partial charge in [0.25, 0.3) is 5.91 Å². The number of para-hydroxylation sites is 1. The van der Waals surface area contributed by atoms with Gasteiger partial charge in [0.1, 0.15) is 5.54 Å². The van der Waals surface area contributed by atoms with Crippen LogP contribution in [0.1, 0.15) is 45.6 Å². The van der Waals surface area contributed by atoms with Gasteiger partial charge >= 0.3 is 0 Å². The van der Waals surface area contributed by atoms with E-state index in [9.17, 15) is 9.59 Å². The number of nitrogens with one attached hydrogen (secondary N) is 1. The maximum atomic E-state index is 12.7. The van der Waals surface area contributed by atoms with Gasteiger partial charge in [0.2, 0.25) is 5.91 Å². The van der Waals surface area contributed by atoms with E-state index in [1.807, 2.05) is 24.3 Å². The Hall–Kier alpha value is -1.84. The molecule has 1 aliphatic heterocycles. The van der Waals surface area contributed by atoms with Crippen molar-refractivity contribution in [1.29, 1.82) is 0 Å². The minimum absolute atomic E-state index is 0.0588. The fraction of sp³-hybridized carbons (Fsp3) is 0.500. The quantitative estimate of drug-likeness (QED) is 0.900. The van der Waals surface area contributed by atoms with Crippen molar-refractivity contribution < 1.29 is 9.59 Å². The van der Waals surface area contributed by atoms with Crippen LogP contribution in [-0.2, 0) is 9.59 Å². The largest absolute Gasteiger partial charge is 0.342 e. The zero-order valence-corrected chi connectivity index (χ0v) is 12.6. The topological polar surface area (TPSA) is 49.4 Å². The Morgan fingerprint density at radius 1 is 1.20 bits per heavy atom. The van der Waals surface area contributed by atoms with Gasteiger partial charge in [-0.15, -0.1) is 0 Å². The van der Waals surface area contributed by atoms with Crippen molar-refractivity contribution in [2.45, 2.75) is 45.6 Å². The number of amides is 2. The van der Waals surface area contributed by atoms with Crippen LogP contribution in [0.3, 0.4) is 0 Å². The maximum absolute atomic E-state index is 12.7. The molecule has 1 aromatic rings. The van der Waals surface area contributed by atoms with Crippen molar-refractivity contribution in [3.63, 3.8) is 0 Å². The molecule has 0 radical (unpaired) electrons. The first-order valence-corrected chi connectivity index (χ1v) is 7.05. The van der Waals surface area contributed by atoms with E-state index in [-0.39, 0.29) is 11.8 Å². The fourth-order valence-electron chi connectivity index (χ4n) is 2.57. The van der Waals surface area contributed by atoms with Crippen molar-refractivity contribution in [2.75, 3.05) is 11.4 Å². The average molecular weight is 274 g/mol. The zero-order valence-electron chi connectivity index (χ0n) is 12.6. The van der Waals surface area contributed by atoms with E-state index in [4.69, 9.17) is 0 Å². The Morgan fingerprint density at radius 3 is 2.50 bits per heavy atom. The molecule has 1 N–H and O–H groups in total. The number of benzene rings is 1. The number of rotatable bonds is 2. The van der Waals surface area contributed by atoms with Crippen molar-refractivity contribution in [3.05, 3.63) is 29.8 Å². The highest BCUT2D eigenvalue weighted by Crippen LogP contribution is 2.30. The molecule has 0 aromatic heterocycles. The third-order valence-electron chi connectivity index (χ3n) is 3.64. The lowest BCUT2D eigenvalue weighted by molar-refractivity contribution is -0.128. The molecule has 0 spiro atoms. The normalized spacial score (nSPS) is 18.9. The van der Waals surface area contributed by atoms with E-state index in [0.717, 1.165) is 11.3 Å². The molecular formula is C16H22N2O2. The van der Waals surface area contributed by atoms with Crippen LogP contribution in [0.4, 0.5) is 5.69 Å². The molecule has 1 aliphatic rings. The molecule has 0 unspecified atom stereocenters. The van der Waals surface area contributed by atoms with Gasteiger partial charge in [0, 0.05) is 18.7 Å². The smallest absolute Gasteiger partial charge is 0.252 e.